The van der Waals surface area contributed by atoms with Gasteiger partial charge in [-0.1, -0.05) is 24.3 Å². The zero-order valence-corrected chi connectivity index (χ0v) is 14.0. The summed E-state index contributed by atoms with van der Waals surface area (Å²) < 4.78 is 0. The highest BCUT2D eigenvalue weighted by Crippen LogP contribution is 2.16. The summed E-state index contributed by atoms with van der Waals surface area (Å²) in [6.45, 7) is 7.04. The first-order chi connectivity index (χ1) is 10.2. The highest BCUT2D eigenvalue weighted by Gasteiger charge is 2.28. The normalized spacial score (nSPS) is 20.0. The van der Waals surface area contributed by atoms with Gasteiger partial charge in [0.2, 0.25) is 5.91 Å². The summed E-state index contributed by atoms with van der Waals surface area (Å²) >= 11 is 0. The third-order valence-corrected chi connectivity index (χ3v) is 4.74. The number of carbonyl (C=O) groups is 1. The van der Waals surface area contributed by atoms with E-state index in [-0.39, 0.29) is 24.2 Å². The van der Waals surface area contributed by atoms with Crippen LogP contribution in [-0.4, -0.2) is 43.0 Å². The highest BCUT2D eigenvalue weighted by molar-refractivity contribution is 5.85. The Morgan fingerprint density at radius 3 is 2.55 bits per heavy atom. The van der Waals surface area contributed by atoms with E-state index >= 15 is 0 Å². The van der Waals surface area contributed by atoms with Crippen LogP contribution in [0.2, 0.25) is 0 Å². The minimum atomic E-state index is 0. The van der Waals surface area contributed by atoms with Crippen LogP contribution in [0.4, 0.5) is 0 Å². The van der Waals surface area contributed by atoms with Gasteiger partial charge in [-0.15, -0.1) is 12.4 Å². The molecule has 3 rings (SSSR count). The Labute approximate surface area is 139 Å². The van der Waals surface area contributed by atoms with Gasteiger partial charge in [0.1, 0.15) is 0 Å². The van der Waals surface area contributed by atoms with E-state index in [1.54, 1.807) is 0 Å². The van der Waals surface area contributed by atoms with Gasteiger partial charge in [0.25, 0.3) is 0 Å². The number of nitrogens with zero attached hydrogens (tertiary/aromatic N) is 1. The molecule has 0 spiro atoms. The van der Waals surface area contributed by atoms with Crippen molar-refractivity contribution in [1.82, 2.24) is 15.5 Å². The minimum Gasteiger partial charge on any atom is -0.353 e. The lowest BCUT2D eigenvalue weighted by Gasteiger charge is -2.34. The second kappa shape index (κ2) is 7.95. The summed E-state index contributed by atoms with van der Waals surface area (Å²) in [4.78, 5) is 14.4. The number of likely N-dealkylation sites (tertiary alicyclic amines) is 1. The Kier molecular flexibility index (Phi) is 6.24. The average Bonchev–Trinajstić information content (AvgIpc) is 2.41. The van der Waals surface area contributed by atoms with Gasteiger partial charge in [-0.3, -0.25) is 9.69 Å². The van der Waals surface area contributed by atoms with Crippen LogP contribution in [0.5, 0.6) is 0 Å². The number of hydrogen-bond acceptors (Lipinski definition) is 3. The maximum absolute atomic E-state index is 11.9. The van der Waals surface area contributed by atoms with Crippen molar-refractivity contribution >= 4 is 18.3 Å². The number of piperidine rings is 1. The second-order valence-electron chi connectivity index (χ2n) is 6.34. The van der Waals surface area contributed by atoms with Crippen LogP contribution >= 0.6 is 12.4 Å². The predicted molar refractivity (Wildman–Crippen MR) is 91.2 cm³/mol. The third kappa shape index (κ3) is 4.22. The van der Waals surface area contributed by atoms with E-state index in [1.165, 1.54) is 11.1 Å². The molecule has 0 unspecified atom stereocenters. The molecule has 5 heteroatoms. The van der Waals surface area contributed by atoms with Crippen LogP contribution in [0.1, 0.15) is 24.0 Å². The van der Waals surface area contributed by atoms with E-state index in [0.29, 0.717) is 6.04 Å². The van der Waals surface area contributed by atoms with E-state index in [2.05, 4.69) is 46.7 Å². The fourth-order valence-electron chi connectivity index (χ4n) is 3.06. The van der Waals surface area contributed by atoms with Gasteiger partial charge in [-0.05, 0) is 30.9 Å². The lowest BCUT2D eigenvalue weighted by Crippen LogP contribution is -2.54. The molecule has 1 aromatic rings. The maximum Gasteiger partial charge on any atom is 0.225 e. The van der Waals surface area contributed by atoms with Crippen molar-refractivity contribution in [2.24, 2.45) is 5.92 Å². The molecule has 0 aromatic heterocycles. The van der Waals surface area contributed by atoms with Crippen molar-refractivity contribution in [2.45, 2.75) is 32.4 Å². The first-order valence-electron chi connectivity index (χ1n) is 8.00. The third-order valence-electron chi connectivity index (χ3n) is 4.74. The standard InChI is InChI=1S/C17H25N3O.ClH/c1-13-4-2-3-5-14(13)12-20-8-6-16(7-9-20)19-17(21)15-10-18-11-15;/h2-5,15-16,18H,6-12H2,1H3,(H,19,21);1H. The molecule has 4 nitrogen and oxygen atoms in total. The van der Waals surface area contributed by atoms with Crippen LogP contribution in [0.25, 0.3) is 0 Å². The molecule has 0 aliphatic carbocycles. The summed E-state index contributed by atoms with van der Waals surface area (Å²) in [6.07, 6.45) is 2.13. The molecule has 2 aliphatic rings. The smallest absolute Gasteiger partial charge is 0.225 e. The first kappa shape index (κ1) is 17.3. The van der Waals surface area contributed by atoms with Gasteiger partial charge in [0, 0.05) is 38.8 Å². The Bertz CT molecular complexity index is 496. The molecule has 0 saturated carbocycles. The lowest BCUT2D eigenvalue weighted by atomic mass is 9.99. The predicted octanol–water partition coefficient (Wildman–Crippen LogP) is 1.72. The first-order valence-corrected chi connectivity index (χ1v) is 8.00. The monoisotopic (exact) mass is 323 g/mol. The number of rotatable bonds is 4. The summed E-state index contributed by atoms with van der Waals surface area (Å²) in [5.41, 5.74) is 2.78. The van der Waals surface area contributed by atoms with Crippen molar-refractivity contribution in [3.63, 3.8) is 0 Å². The van der Waals surface area contributed by atoms with Crippen LogP contribution in [0, 0.1) is 12.8 Å². The van der Waals surface area contributed by atoms with Crippen molar-refractivity contribution in [3.05, 3.63) is 35.4 Å². The molecule has 2 N–H and O–H groups in total. The molecule has 2 saturated heterocycles. The van der Waals surface area contributed by atoms with Crippen LogP contribution in [0.3, 0.4) is 0 Å². The van der Waals surface area contributed by atoms with Crippen LogP contribution in [-0.2, 0) is 11.3 Å². The Morgan fingerprint density at radius 2 is 1.95 bits per heavy atom. The molecule has 0 radical (unpaired) electrons. The highest BCUT2D eigenvalue weighted by atomic mass is 35.5. The second-order valence-corrected chi connectivity index (χ2v) is 6.34. The molecule has 1 amide bonds. The van der Waals surface area contributed by atoms with Gasteiger partial charge in [0.15, 0.2) is 0 Å². The molecule has 0 bridgehead atoms. The molecule has 122 valence electrons. The molecule has 22 heavy (non-hydrogen) atoms. The quantitative estimate of drug-likeness (QED) is 0.887. The maximum atomic E-state index is 11.9. The van der Waals surface area contributed by atoms with Crippen LogP contribution < -0.4 is 10.6 Å². The van der Waals surface area contributed by atoms with Gasteiger partial charge < -0.3 is 10.6 Å². The Morgan fingerprint density at radius 1 is 1.27 bits per heavy atom. The molecule has 2 heterocycles. The molecule has 1 aromatic carbocycles. The zero-order chi connectivity index (χ0) is 14.7. The average molecular weight is 324 g/mol. The largest absolute Gasteiger partial charge is 0.353 e. The SMILES string of the molecule is Cc1ccccc1CN1CCC(NC(=O)C2CNC2)CC1.Cl. The van der Waals surface area contributed by atoms with E-state index in [0.717, 1.165) is 45.6 Å². The molecule has 2 fully saturated rings. The number of halogens is 1. The fraction of sp³-hybridized carbons (Fsp3) is 0.588. The summed E-state index contributed by atoms with van der Waals surface area (Å²) in [7, 11) is 0. The minimum absolute atomic E-state index is 0. The summed E-state index contributed by atoms with van der Waals surface area (Å²) in [5, 5.41) is 6.36. The number of amides is 1. The van der Waals surface area contributed by atoms with E-state index < -0.39 is 0 Å². The summed E-state index contributed by atoms with van der Waals surface area (Å²) in [6, 6.07) is 8.96. The van der Waals surface area contributed by atoms with E-state index in [4.69, 9.17) is 0 Å². The van der Waals surface area contributed by atoms with Crippen molar-refractivity contribution in [3.8, 4) is 0 Å². The number of carbonyl (C=O) groups excluding carboxylic acids is 1. The number of nitrogens with one attached hydrogen (secondary N) is 2. The van der Waals surface area contributed by atoms with Gasteiger partial charge in [-0.25, -0.2) is 0 Å². The molecular weight excluding hydrogens is 298 g/mol. The number of hydrogen-bond donors (Lipinski definition) is 2. The van der Waals surface area contributed by atoms with Crippen molar-refractivity contribution in [2.75, 3.05) is 26.2 Å². The van der Waals surface area contributed by atoms with Crippen molar-refractivity contribution in [1.29, 1.82) is 0 Å². The van der Waals surface area contributed by atoms with Gasteiger partial charge >= 0.3 is 0 Å². The van der Waals surface area contributed by atoms with Crippen LogP contribution in [0.15, 0.2) is 24.3 Å². The zero-order valence-electron chi connectivity index (χ0n) is 13.2. The van der Waals surface area contributed by atoms with E-state index in [1.807, 2.05) is 0 Å². The molecule has 2 aliphatic heterocycles. The number of benzene rings is 1. The Balaban J connectivity index is 0.00000176. The summed E-state index contributed by atoms with van der Waals surface area (Å²) in [5.74, 6) is 0.445. The fourth-order valence-corrected chi connectivity index (χ4v) is 3.06. The number of aryl methyl sites for hydroxylation is 1. The van der Waals surface area contributed by atoms with E-state index in [9.17, 15) is 4.79 Å². The van der Waals surface area contributed by atoms with Gasteiger partial charge in [0.05, 0.1) is 5.92 Å². The topological polar surface area (TPSA) is 44.4 Å². The van der Waals surface area contributed by atoms with Gasteiger partial charge in [-0.2, -0.15) is 0 Å². The molecule has 0 atom stereocenters. The molecular formula is C17H26ClN3O. The van der Waals surface area contributed by atoms with Crippen molar-refractivity contribution < 1.29 is 4.79 Å². The lowest BCUT2D eigenvalue weighted by molar-refractivity contribution is -0.127. The Hall–Kier alpha value is -1.10.